The van der Waals surface area contributed by atoms with Crippen LogP contribution < -0.4 is 5.73 Å². The predicted molar refractivity (Wildman–Crippen MR) is 92.1 cm³/mol. The van der Waals surface area contributed by atoms with E-state index in [1.165, 1.54) is 0 Å². The van der Waals surface area contributed by atoms with Crippen molar-refractivity contribution < 1.29 is 9.53 Å². The van der Waals surface area contributed by atoms with E-state index in [1.807, 2.05) is 30.3 Å². The highest BCUT2D eigenvalue weighted by Crippen LogP contribution is 2.20. The Labute approximate surface area is 147 Å². The predicted octanol–water partition coefficient (Wildman–Crippen LogP) is 1.16. The first-order valence-electron chi connectivity index (χ1n) is 7.67. The van der Waals surface area contributed by atoms with Crippen molar-refractivity contribution in [1.29, 1.82) is 0 Å². The summed E-state index contributed by atoms with van der Waals surface area (Å²) in [6.07, 6.45) is 2.77. The van der Waals surface area contributed by atoms with Crippen LogP contribution in [0.1, 0.15) is 18.5 Å². The first-order chi connectivity index (χ1) is 11.1. The van der Waals surface area contributed by atoms with E-state index in [0.29, 0.717) is 32.6 Å². The summed E-state index contributed by atoms with van der Waals surface area (Å²) >= 11 is 0. The highest BCUT2D eigenvalue weighted by Gasteiger charge is 2.38. The van der Waals surface area contributed by atoms with Crippen LogP contribution >= 0.6 is 12.4 Å². The van der Waals surface area contributed by atoms with Crippen molar-refractivity contribution in [3.8, 4) is 5.69 Å². The molecule has 130 valence electrons. The summed E-state index contributed by atoms with van der Waals surface area (Å²) < 4.78 is 5.29. The molecule has 3 rings (SSSR count). The van der Waals surface area contributed by atoms with Crippen molar-refractivity contribution in [2.45, 2.75) is 24.9 Å². The molecule has 0 aliphatic carbocycles. The molecule has 24 heavy (non-hydrogen) atoms. The Morgan fingerprint density at radius 1 is 1.33 bits per heavy atom. The average molecular weight is 352 g/mol. The number of hydrogen-bond donors (Lipinski definition) is 1. The molecule has 2 heterocycles. The Balaban J connectivity index is 0.00000208. The molecule has 2 aromatic rings. The molecule has 1 saturated heterocycles. The van der Waals surface area contributed by atoms with Gasteiger partial charge in [-0.1, -0.05) is 18.2 Å². The van der Waals surface area contributed by atoms with Gasteiger partial charge in [-0.25, -0.2) is 0 Å². The smallest absolute Gasteiger partial charge is 0.242 e. The molecule has 0 atom stereocenters. The van der Waals surface area contributed by atoms with E-state index < -0.39 is 5.54 Å². The lowest BCUT2D eigenvalue weighted by atomic mass is 9.90. The van der Waals surface area contributed by atoms with Crippen LogP contribution in [0.15, 0.2) is 36.5 Å². The van der Waals surface area contributed by atoms with E-state index in [2.05, 4.69) is 10.2 Å². The number of carbonyl (C=O) groups excluding carboxylic acids is 1. The van der Waals surface area contributed by atoms with Gasteiger partial charge in [0.15, 0.2) is 0 Å². The quantitative estimate of drug-likeness (QED) is 0.893. The SMILES string of the molecule is CN(Cc1cnn(-c2ccccc2)n1)C(=O)C1(N)CCOCC1.Cl. The molecule has 8 heteroatoms. The number of carbonyl (C=O) groups is 1. The molecule has 2 N–H and O–H groups in total. The number of ether oxygens (including phenoxy) is 1. The fraction of sp³-hybridized carbons (Fsp3) is 0.438. The van der Waals surface area contributed by atoms with Gasteiger partial charge in [-0.2, -0.15) is 15.0 Å². The number of halogens is 1. The minimum atomic E-state index is -0.831. The number of nitrogens with two attached hydrogens (primary N) is 1. The van der Waals surface area contributed by atoms with Gasteiger partial charge in [-0.05, 0) is 25.0 Å². The maximum Gasteiger partial charge on any atom is 0.242 e. The van der Waals surface area contributed by atoms with Crippen LogP contribution in [-0.2, 0) is 16.1 Å². The molecule has 7 nitrogen and oxygen atoms in total. The number of benzene rings is 1. The molecular weight excluding hydrogens is 330 g/mol. The van der Waals surface area contributed by atoms with Gasteiger partial charge >= 0.3 is 0 Å². The monoisotopic (exact) mass is 351 g/mol. The highest BCUT2D eigenvalue weighted by molar-refractivity contribution is 5.86. The minimum absolute atomic E-state index is 0. The highest BCUT2D eigenvalue weighted by atomic mass is 35.5. The Morgan fingerprint density at radius 2 is 2.00 bits per heavy atom. The Bertz CT molecular complexity index is 670. The number of nitrogens with zero attached hydrogens (tertiary/aromatic N) is 4. The summed E-state index contributed by atoms with van der Waals surface area (Å²) in [6.45, 7) is 1.44. The molecule has 1 aliphatic heterocycles. The van der Waals surface area contributed by atoms with Crippen LogP contribution in [0.2, 0.25) is 0 Å². The summed E-state index contributed by atoms with van der Waals surface area (Å²) in [5.74, 6) is -0.0740. The second kappa shape index (κ2) is 7.74. The molecule has 0 radical (unpaired) electrons. The topological polar surface area (TPSA) is 86.3 Å². The van der Waals surface area contributed by atoms with E-state index in [4.69, 9.17) is 10.5 Å². The van der Waals surface area contributed by atoms with Crippen LogP contribution in [0.25, 0.3) is 5.69 Å². The van der Waals surface area contributed by atoms with Crippen molar-refractivity contribution in [1.82, 2.24) is 19.9 Å². The van der Waals surface area contributed by atoms with Gasteiger partial charge in [-0.3, -0.25) is 4.79 Å². The number of likely N-dealkylation sites (N-methyl/N-ethyl adjacent to an activating group) is 1. The number of rotatable bonds is 4. The van der Waals surface area contributed by atoms with Crippen molar-refractivity contribution in [3.05, 3.63) is 42.2 Å². The van der Waals surface area contributed by atoms with Crippen molar-refractivity contribution in [3.63, 3.8) is 0 Å². The maximum absolute atomic E-state index is 12.6. The Hall–Kier alpha value is -1.96. The summed E-state index contributed by atoms with van der Waals surface area (Å²) in [5, 5.41) is 8.66. The third kappa shape index (κ3) is 3.92. The van der Waals surface area contributed by atoms with E-state index in [-0.39, 0.29) is 18.3 Å². The molecule has 0 saturated carbocycles. The average Bonchev–Trinajstić information content (AvgIpc) is 3.04. The van der Waals surface area contributed by atoms with E-state index >= 15 is 0 Å². The number of amides is 1. The zero-order valence-electron chi connectivity index (χ0n) is 13.6. The lowest BCUT2D eigenvalue weighted by Gasteiger charge is -2.35. The standard InChI is InChI=1S/C16H21N5O2.ClH/c1-20(15(22)16(17)7-9-23-10-8-16)12-13-11-18-21(19-13)14-5-3-2-4-6-14;/h2-6,11H,7-10,12,17H2,1H3;1H. The summed E-state index contributed by atoms with van der Waals surface area (Å²) in [7, 11) is 1.74. The van der Waals surface area contributed by atoms with Gasteiger partial charge in [0.1, 0.15) is 5.69 Å². The van der Waals surface area contributed by atoms with Gasteiger partial charge in [-0.15, -0.1) is 12.4 Å². The number of hydrogen-bond acceptors (Lipinski definition) is 5. The van der Waals surface area contributed by atoms with Gasteiger partial charge in [0, 0.05) is 20.3 Å². The molecule has 1 aromatic carbocycles. The van der Waals surface area contributed by atoms with Gasteiger partial charge in [0.05, 0.1) is 24.0 Å². The van der Waals surface area contributed by atoms with Crippen LogP contribution in [0, 0.1) is 0 Å². The first kappa shape index (κ1) is 18.4. The van der Waals surface area contributed by atoms with Gasteiger partial charge < -0.3 is 15.4 Å². The normalized spacial score (nSPS) is 16.2. The molecule has 1 amide bonds. The Morgan fingerprint density at radius 3 is 2.67 bits per heavy atom. The zero-order valence-corrected chi connectivity index (χ0v) is 14.4. The van der Waals surface area contributed by atoms with E-state index in [9.17, 15) is 4.79 Å². The molecule has 0 spiro atoms. The van der Waals surface area contributed by atoms with E-state index in [0.717, 1.165) is 11.4 Å². The second-order valence-electron chi connectivity index (χ2n) is 5.89. The van der Waals surface area contributed by atoms with Crippen LogP contribution in [0.3, 0.4) is 0 Å². The first-order valence-corrected chi connectivity index (χ1v) is 7.67. The summed E-state index contributed by atoms with van der Waals surface area (Å²) in [5.41, 5.74) is 7.01. The lowest BCUT2D eigenvalue weighted by Crippen LogP contribution is -2.57. The summed E-state index contributed by atoms with van der Waals surface area (Å²) in [6, 6.07) is 9.65. The molecule has 1 fully saturated rings. The third-order valence-corrected chi connectivity index (χ3v) is 4.08. The zero-order chi connectivity index (χ0) is 16.3. The van der Waals surface area contributed by atoms with Crippen molar-refractivity contribution >= 4 is 18.3 Å². The van der Waals surface area contributed by atoms with Crippen LogP contribution in [0.4, 0.5) is 0 Å². The third-order valence-electron chi connectivity index (χ3n) is 4.08. The van der Waals surface area contributed by atoms with Crippen molar-refractivity contribution in [2.75, 3.05) is 20.3 Å². The molecule has 1 aromatic heterocycles. The van der Waals surface area contributed by atoms with Gasteiger partial charge in [0.25, 0.3) is 0 Å². The van der Waals surface area contributed by atoms with Gasteiger partial charge in [0.2, 0.25) is 5.91 Å². The fourth-order valence-electron chi connectivity index (χ4n) is 2.70. The molecule has 0 bridgehead atoms. The fourth-order valence-corrected chi connectivity index (χ4v) is 2.70. The van der Waals surface area contributed by atoms with Crippen LogP contribution in [-0.4, -0.2) is 51.6 Å². The molecule has 1 aliphatic rings. The maximum atomic E-state index is 12.6. The summed E-state index contributed by atoms with van der Waals surface area (Å²) in [4.78, 5) is 15.8. The van der Waals surface area contributed by atoms with Crippen molar-refractivity contribution in [2.24, 2.45) is 5.73 Å². The molecular formula is C16H22ClN5O2. The molecule has 0 unspecified atom stereocenters. The van der Waals surface area contributed by atoms with E-state index in [1.54, 1.807) is 22.9 Å². The second-order valence-corrected chi connectivity index (χ2v) is 5.89. The Kier molecular flexibility index (Phi) is 5.93. The van der Waals surface area contributed by atoms with Crippen LogP contribution in [0.5, 0.6) is 0 Å². The number of aromatic nitrogens is 3. The lowest BCUT2D eigenvalue weighted by molar-refractivity contribution is -0.139. The minimum Gasteiger partial charge on any atom is -0.381 e. The number of para-hydroxylation sites is 1. The largest absolute Gasteiger partial charge is 0.381 e.